The van der Waals surface area contributed by atoms with E-state index < -0.39 is 12.1 Å². The Morgan fingerprint density at radius 2 is 1.82 bits per heavy atom. The van der Waals surface area contributed by atoms with Crippen LogP contribution in [0.2, 0.25) is 0 Å². The monoisotopic (exact) mass is 393 g/mol. The van der Waals surface area contributed by atoms with E-state index in [2.05, 4.69) is 16.0 Å². The summed E-state index contributed by atoms with van der Waals surface area (Å²) in [6, 6.07) is -1.36. The molecule has 2 aliphatic heterocycles. The molecule has 2 amide bonds. The number of aldehydes is 1. The number of carbonyl (C=O) groups excluding carboxylic acids is 4. The molecule has 0 aromatic carbocycles. The number of rotatable bonds is 3. The number of Topliss-reactive ketones (excluding diaryl/α,β-unsaturated/α-hetero) is 1. The van der Waals surface area contributed by atoms with Crippen LogP contribution in [0, 0.1) is 17.8 Å². The third-order valence-electron chi connectivity index (χ3n) is 5.78. The lowest BCUT2D eigenvalue weighted by Crippen LogP contribution is -2.52. The van der Waals surface area contributed by atoms with Gasteiger partial charge in [-0.15, -0.1) is 0 Å². The Kier molecular flexibility index (Phi) is 9.09. The standard InChI is InChI=1S/C21H35N3O4/c1-14(2)9-18-21(28)23-16(13-25)10-17-15(11-22-12-19(17)26)7-5-3-4-6-8-20(27)24-18/h13-18,22H,3-12H2,1-2H3,(H,23,28)(H,24,27)/t15-,16+,17+,18?/m1/s1. The fraction of sp³-hybridized carbons (Fsp3) is 0.810. The zero-order valence-electron chi connectivity index (χ0n) is 17.2. The van der Waals surface area contributed by atoms with Gasteiger partial charge in [0.25, 0.3) is 0 Å². The molecule has 4 atom stereocenters. The summed E-state index contributed by atoms with van der Waals surface area (Å²) in [7, 11) is 0. The molecule has 0 aliphatic carbocycles. The highest BCUT2D eigenvalue weighted by molar-refractivity contribution is 5.89. The number of nitrogens with one attached hydrogen (secondary N) is 3. The molecule has 1 unspecified atom stereocenters. The summed E-state index contributed by atoms with van der Waals surface area (Å²) >= 11 is 0. The average Bonchev–Trinajstić information content (AvgIpc) is 2.64. The van der Waals surface area contributed by atoms with Gasteiger partial charge in [0, 0.05) is 12.3 Å². The second-order valence-corrected chi connectivity index (χ2v) is 8.65. The highest BCUT2D eigenvalue weighted by atomic mass is 16.2. The van der Waals surface area contributed by atoms with Gasteiger partial charge >= 0.3 is 0 Å². The summed E-state index contributed by atoms with van der Waals surface area (Å²) in [6.07, 6.45) is 6.68. The number of ketones is 1. The van der Waals surface area contributed by atoms with E-state index in [1.165, 1.54) is 0 Å². The molecule has 2 rings (SSSR count). The smallest absolute Gasteiger partial charge is 0.243 e. The fourth-order valence-electron chi connectivity index (χ4n) is 4.26. The summed E-state index contributed by atoms with van der Waals surface area (Å²) < 4.78 is 0. The largest absolute Gasteiger partial charge is 0.345 e. The molecule has 0 radical (unpaired) electrons. The van der Waals surface area contributed by atoms with Gasteiger partial charge in [0.05, 0.1) is 12.6 Å². The van der Waals surface area contributed by atoms with Crippen molar-refractivity contribution in [1.29, 1.82) is 0 Å². The van der Waals surface area contributed by atoms with Crippen LogP contribution < -0.4 is 16.0 Å². The molecule has 2 saturated heterocycles. The number of hydrogen-bond acceptors (Lipinski definition) is 5. The second kappa shape index (κ2) is 11.3. The second-order valence-electron chi connectivity index (χ2n) is 8.65. The molecule has 0 saturated carbocycles. The van der Waals surface area contributed by atoms with Crippen LogP contribution in [0.3, 0.4) is 0 Å². The Balaban J connectivity index is 2.16. The van der Waals surface area contributed by atoms with E-state index in [4.69, 9.17) is 0 Å². The molecule has 7 nitrogen and oxygen atoms in total. The quantitative estimate of drug-likeness (QED) is 0.628. The molecule has 0 aromatic heterocycles. The van der Waals surface area contributed by atoms with Crippen molar-refractivity contribution < 1.29 is 19.2 Å². The lowest BCUT2D eigenvalue weighted by atomic mass is 9.78. The Bertz CT molecular complexity index is 564. The van der Waals surface area contributed by atoms with E-state index in [9.17, 15) is 19.2 Å². The molecule has 0 aromatic rings. The minimum Gasteiger partial charge on any atom is -0.345 e. The molecule has 7 heteroatoms. The first kappa shape index (κ1) is 22.5. The maximum absolute atomic E-state index is 12.8. The van der Waals surface area contributed by atoms with Gasteiger partial charge in [-0.2, -0.15) is 0 Å². The lowest BCUT2D eigenvalue weighted by molar-refractivity contribution is -0.131. The van der Waals surface area contributed by atoms with Crippen molar-refractivity contribution in [3.8, 4) is 0 Å². The summed E-state index contributed by atoms with van der Waals surface area (Å²) in [5.74, 6) is -0.132. The van der Waals surface area contributed by atoms with Gasteiger partial charge in [-0.1, -0.05) is 33.1 Å². The van der Waals surface area contributed by atoms with Crippen molar-refractivity contribution in [2.45, 2.75) is 77.3 Å². The molecule has 3 N–H and O–H groups in total. The maximum atomic E-state index is 12.8. The normalized spacial score (nSPS) is 31.2. The highest BCUT2D eigenvalue weighted by Gasteiger charge is 2.34. The van der Waals surface area contributed by atoms with Crippen molar-refractivity contribution in [3.05, 3.63) is 0 Å². The van der Waals surface area contributed by atoms with Crippen LogP contribution in [0.25, 0.3) is 0 Å². The van der Waals surface area contributed by atoms with Gasteiger partial charge in [-0.3, -0.25) is 14.4 Å². The number of amides is 2. The van der Waals surface area contributed by atoms with Crippen molar-refractivity contribution in [1.82, 2.24) is 16.0 Å². The van der Waals surface area contributed by atoms with E-state index in [0.717, 1.165) is 44.9 Å². The first-order valence-electron chi connectivity index (χ1n) is 10.7. The predicted molar refractivity (Wildman–Crippen MR) is 107 cm³/mol. The molecule has 28 heavy (non-hydrogen) atoms. The van der Waals surface area contributed by atoms with Gasteiger partial charge in [0.1, 0.15) is 18.1 Å². The minimum atomic E-state index is -0.709. The SMILES string of the molecule is CC(C)CC1NC(=O)CCCCCC[C@@H]2CNCC(=O)[C@H]2C[C@@H](C=O)NC1=O. The van der Waals surface area contributed by atoms with Gasteiger partial charge in [-0.25, -0.2) is 0 Å². The highest BCUT2D eigenvalue weighted by Crippen LogP contribution is 2.27. The number of carbonyl (C=O) groups is 4. The number of piperidine rings is 1. The number of hydrogen-bond donors (Lipinski definition) is 3. The molecule has 158 valence electrons. The Hall–Kier alpha value is -1.76. The van der Waals surface area contributed by atoms with E-state index in [0.29, 0.717) is 25.8 Å². The first-order chi connectivity index (χ1) is 13.4. The molecular formula is C21H35N3O4. The van der Waals surface area contributed by atoms with Crippen LogP contribution in [0.1, 0.15) is 65.2 Å². The molecule has 2 fully saturated rings. The molecule has 0 bridgehead atoms. The van der Waals surface area contributed by atoms with E-state index in [-0.39, 0.29) is 35.4 Å². The zero-order chi connectivity index (χ0) is 20.5. The Labute approximate surface area is 167 Å². The van der Waals surface area contributed by atoms with Crippen LogP contribution >= 0.6 is 0 Å². The third-order valence-corrected chi connectivity index (χ3v) is 5.78. The first-order valence-corrected chi connectivity index (χ1v) is 10.7. The molecule has 2 aliphatic rings. The molecule has 0 spiro atoms. The summed E-state index contributed by atoms with van der Waals surface area (Å²) in [4.78, 5) is 49.1. The fourth-order valence-corrected chi connectivity index (χ4v) is 4.26. The average molecular weight is 394 g/mol. The summed E-state index contributed by atoms with van der Waals surface area (Å²) in [6.45, 7) is 5.08. The zero-order valence-corrected chi connectivity index (χ0v) is 17.2. The van der Waals surface area contributed by atoms with Gasteiger partial charge in [-0.05, 0) is 44.1 Å². The van der Waals surface area contributed by atoms with Crippen molar-refractivity contribution in [2.75, 3.05) is 13.1 Å². The predicted octanol–water partition coefficient (Wildman–Crippen LogP) is 1.35. The van der Waals surface area contributed by atoms with Gasteiger partial charge in [0.15, 0.2) is 0 Å². The topological polar surface area (TPSA) is 104 Å². The number of fused-ring (bicyclic) bond motifs is 1. The molecule has 2 heterocycles. The van der Waals surface area contributed by atoms with Crippen molar-refractivity contribution >= 4 is 23.9 Å². The van der Waals surface area contributed by atoms with E-state index >= 15 is 0 Å². The Morgan fingerprint density at radius 3 is 2.54 bits per heavy atom. The van der Waals surface area contributed by atoms with E-state index in [1.54, 1.807) is 0 Å². The van der Waals surface area contributed by atoms with E-state index in [1.807, 2.05) is 13.8 Å². The van der Waals surface area contributed by atoms with Crippen LogP contribution in [-0.2, 0) is 19.2 Å². The summed E-state index contributed by atoms with van der Waals surface area (Å²) in [5, 5.41) is 8.78. The maximum Gasteiger partial charge on any atom is 0.243 e. The van der Waals surface area contributed by atoms with Crippen molar-refractivity contribution in [2.24, 2.45) is 17.8 Å². The summed E-state index contributed by atoms with van der Waals surface area (Å²) in [5.41, 5.74) is 0. The van der Waals surface area contributed by atoms with Crippen LogP contribution in [0.4, 0.5) is 0 Å². The van der Waals surface area contributed by atoms with Gasteiger partial charge < -0.3 is 20.7 Å². The lowest BCUT2D eigenvalue weighted by Gasteiger charge is -2.33. The molecular weight excluding hydrogens is 358 g/mol. The van der Waals surface area contributed by atoms with Crippen LogP contribution in [0.5, 0.6) is 0 Å². The third kappa shape index (κ3) is 7.00. The van der Waals surface area contributed by atoms with Gasteiger partial charge in [0.2, 0.25) is 11.8 Å². The van der Waals surface area contributed by atoms with Crippen LogP contribution in [-0.4, -0.2) is 49.1 Å². The van der Waals surface area contributed by atoms with Crippen LogP contribution in [0.15, 0.2) is 0 Å². The Morgan fingerprint density at radius 1 is 1.07 bits per heavy atom. The van der Waals surface area contributed by atoms with Crippen molar-refractivity contribution in [3.63, 3.8) is 0 Å². The minimum absolute atomic E-state index is 0.119.